The van der Waals surface area contributed by atoms with Gasteiger partial charge in [-0.25, -0.2) is 0 Å². The first-order valence-electron chi connectivity index (χ1n) is 11.9. The van der Waals surface area contributed by atoms with E-state index in [1.807, 2.05) is 32.0 Å². The molecule has 1 aromatic carbocycles. The van der Waals surface area contributed by atoms with Crippen molar-refractivity contribution in [3.63, 3.8) is 0 Å². The molecule has 176 valence electrons. The van der Waals surface area contributed by atoms with Crippen molar-refractivity contribution in [2.45, 2.75) is 65.3 Å². The van der Waals surface area contributed by atoms with Crippen molar-refractivity contribution in [1.82, 2.24) is 9.80 Å². The van der Waals surface area contributed by atoms with Crippen molar-refractivity contribution in [1.29, 1.82) is 0 Å². The first-order valence-corrected chi connectivity index (χ1v) is 11.9. The number of carbonyl (C=O) groups excluding carboxylic acids is 3. The predicted octanol–water partition coefficient (Wildman–Crippen LogP) is 3.79. The van der Waals surface area contributed by atoms with Crippen LogP contribution in [0.3, 0.4) is 0 Å². The Labute approximate surface area is 191 Å². The molecule has 0 spiro atoms. The summed E-state index contributed by atoms with van der Waals surface area (Å²) in [5.41, 5.74) is 0.951. The van der Waals surface area contributed by atoms with E-state index >= 15 is 0 Å². The summed E-state index contributed by atoms with van der Waals surface area (Å²) in [4.78, 5) is 41.5. The van der Waals surface area contributed by atoms with E-state index in [9.17, 15) is 14.4 Å². The van der Waals surface area contributed by atoms with Gasteiger partial charge in [-0.3, -0.25) is 19.3 Å². The number of nitrogens with zero attached hydrogens (tertiary/aromatic N) is 2. The van der Waals surface area contributed by atoms with Crippen LogP contribution >= 0.6 is 0 Å². The second-order valence-electron chi connectivity index (χ2n) is 8.72. The summed E-state index contributed by atoms with van der Waals surface area (Å²) in [6.07, 6.45) is 5.49. The van der Waals surface area contributed by atoms with Crippen molar-refractivity contribution < 1.29 is 23.9 Å². The molecular weight excluding hydrogens is 408 g/mol. The largest absolute Gasteiger partial charge is 0.493 e. The zero-order valence-corrected chi connectivity index (χ0v) is 19.6. The fourth-order valence-electron chi connectivity index (χ4n) is 4.74. The molecule has 1 aliphatic heterocycles. The zero-order valence-electron chi connectivity index (χ0n) is 19.6. The van der Waals surface area contributed by atoms with Crippen LogP contribution in [0.25, 0.3) is 0 Å². The van der Waals surface area contributed by atoms with Gasteiger partial charge in [0.25, 0.3) is 0 Å². The highest BCUT2D eigenvalue weighted by Gasteiger charge is 2.47. The van der Waals surface area contributed by atoms with E-state index in [2.05, 4.69) is 0 Å². The van der Waals surface area contributed by atoms with Gasteiger partial charge in [-0.15, -0.1) is 0 Å². The Morgan fingerprint density at radius 3 is 2.34 bits per heavy atom. The van der Waals surface area contributed by atoms with Crippen molar-refractivity contribution in [2.24, 2.45) is 11.8 Å². The number of fused-ring (bicyclic) bond motifs is 1. The lowest BCUT2D eigenvalue weighted by atomic mass is 9.81. The van der Waals surface area contributed by atoms with Gasteiger partial charge in [0.15, 0.2) is 11.5 Å². The highest BCUT2D eigenvalue weighted by molar-refractivity contribution is 6.05. The SMILES string of the molecule is CCCOc1ccc(CN(CCC)C(=O)CCN2C(=O)[C@H]3CCCC[C@@H]3C2=O)cc1OC. The Kier molecular flexibility index (Phi) is 8.53. The molecule has 1 saturated heterocycles. The highest BCUT2D eigenvalue weighted by atomic mass is 16.5. The van der Waals surface area contributed by atoms with Crippen molar-refractivity contribution in [3.8, 4) is 11.5 Å². The quantitative estimate of drug-likeness (QED) is 0.486. The average Bonchev–Trinajstić information content (AvgIpc) is 3.06. The van der Waals surface area contributed by atoms with Crippen LogP contribution in [0.2, 0.25) is 0 Å². The fraction of sp³-hybridized carbons (Fsp3) is 0.640. The van der Waals surface area contributed by atoms with Crippen molar-refractivity contribution >= 4 is 17.7 Å². The molecule has 1 aliphatic carbocycles. The van der Waals surface area contributed by atoms with Crippen LogP contribution in [-0.2, 0) is 20.9 Å². The molecule has 3 rings (SSSR count). The Balaban J connectivity index is 1.62. The standard InChI is InChI=1S/C25H36N2O5/c1-4-13-26(17-18-10-11-21(32-15-5-2)22(16-18)31-3)23(28)12-14-27-24(29)19-8-6-7-9-20(19)25(27)30/h10-11,16,19-20H,4-9,12-15,17H2,1-3H3/t19-,20-/m0/s1. The summed E-state index contributed by atoms with van der Waals surface area (Å²) in [5.74, 6) is 0.796. The molecule has 0 aromatic heterocycles. The number of ether oxygens (including phenoxy) is 2. The molecule has 2 atom stereocenters. The Hall–Kier alpha value is -2.57. The number of imide groups is 1. The Morgan fingerprint density at radius 1 is 1.06 bits per heavy atom. The van der Waals surface area contributed by atoms with Crippen LogP contribution in [0.5, 0.6) is 11.5 Å². The van der Waals surface area contributed by atoms with E-state index in [0.29, 0.717) is 31.2 Å². The topological polar surface area (TPSA) is 76.2 Å². The molecule has 0 radical (unpaired) electrons. The molecule has 0 N–H and O–H groups in total. The smallest absolute Gasteiger partial charge is 0.233 e. The van der Waals surface area contributed by atoms with Gasteiger partial charge < -0.3 is 14.4 Å². The molecule has 32 heavy (non-hydrogen) atoms. The lowest BCUT2D eigenvalue weighted by Gasteiger charge is -2.24. The normalized spacial score (nSPS) is 20.3. The number of hydrogen-bond acceptors (Lipinski definition) is 5. The summed E-state index contributed by atoms with van der Waals surface area (Å²) in [7, 11) is 1.61. The van der Waals surface area contributed by atoms with E-state index in [1.54, 1.807) is 12.0 Å². The van der Waals surface area contributed by atoms with Gasteiger partial charge in [0.2, 0.25) is 17.7 Å². The third-order valence-electron chi connectivity index (χ3n) is 6.39. The molecular formula is C25H36N2O5. The van der Waals surface area contributed by atoms with Gasteiger partial charge in [0.1, 0.15) is 0 Å². The minimum absolute atomic E-state index is 0.0485. The van der Waals surface area contributed by atoms with Crippen molar-refractivity contribution in [2.75, 3.05) is 26.8 Å². The summed E-state index contributed by atoms with van der Waals surface area (Å²) in [6.45, 7) is 5.93. The van der Waals surface area contributed by atoms with Crippen molar-refractivity contribution in [3.05, 3.63) is 23.8 Å². The van der Waals surface area contributed by atoms with Crippen LogP contribution < -0.4 is 9.47 Å². The summed E-state index contributed by atoms with van der Waals surface area (Å²) < 4.78 is 11.2. The predicted molar refractivity (Wildman–Crippen MR) is 121 cm³/mol. The third-order valence-corrected chi connectivity index (χ3v) is 6.39. The first-order chi connectivity index (χ1) is 15.5. The van der Waals surface area contributed by atoms with E-state index < -0.39 is 0 Å². The monoisotopic (exact) mass is 444 g/mol. The number of hydrogen-bond donors (Lipinski definition) is 0. The molecule has 3 amide bonds. The van der Waals surface area contributed by atoms with Gasteiger partial charge in [-0.2, -0.15) is 0 Å². The third kappa shape index (κ3) is 5.43. The van der Waals surface area contributed by atoms with Crippen LogP contribution in [-0.4, -0.2) is 54.3 Å². The maximum atomic E-state index is 13.0. The van der Waals surface area contributed by atoms with E-state index in [4.69, 9.17) is 9.47 Å². The highest BCUT2D eigenvalue weighted by Crippen LogP contribution is 2.38. The van der Waals surface area contributed by atoms with Gasteiger partial charge in [0.05, 0.1) is 25.6 Å². The molecule has 7 heteroatoms. The van der Waals surface area contributed by atoms with Gasteiger partial charge in [-0.1, -0.05) is 32.8 Å². The number of carbonyl (C=O) groups is 3. The Morgan fingerprint density at radius 2 is 1.75 bits per heavy atom. The van der Waals surface area contributed by atoms with E-state index in [-0.39, 0.29) is 42.5 Å². The maximum absolute atomic E-state index is 13.0. The molecule has 2 aliphatic rings. The molecule has 2 fully saturated rings. The number of methoxy groups -OCH3 is 1. The molecule has 7 nitrogen and oxygen atoms in total. The maximum Gasteiger partial charge on any atom is 0.233 e. The fourth-order valence-corrected chi connectivity index (χ4v) is 4.74. The van der Waals surface area contributed by atoms with E-state index in [1.165, 1.54) is 4.90 Å². The summed E-state index contributed by atoms with van der Waals surface area (Å²) in [5, 5.41) is 0. The number of rotatable bonds is 11. The summed E-state index contributed by atoms with van der Waals surface area (Å²) >= 11 is 0. The van der Waals surface area contributed by atoms with E-state index in [0.717, 1.165) is 44.1 Å². The van der Waals surface area contributed by atoms with Gasteiger partial charge in [0, 0.05) is 26.1 Å². The molecule has 0 unspecified atom stereocenters. The number of amides is 3. The molecule has 1 heterocycles. The minimum atomic E-state index is -0.168. The average molecular weight is 445 g/mol. The van der Waals surface area contributed by atoms with Crippen LogP contribution in [0.15, 0.2) is 18.2 Å². The van der Waals surface area contributed by atoms with Gasteiger partial charge in [-0.05, 0) is 43.4 Å². The van der Waals surface area contributed by atoms with Gasteiger partial charge >= 0.3 is 0 Å². The first kappa shape index (κ1) is 24.1. The minimum Gasteiger partial charge on any atom is -0.493 e. The lowest BCUT2D eigenvalue weighted by molar-refractivity contribution is -0.141. The lowest BCUT2D eigenvalue weighted by Crippen LogP contribution is -2.37. The second-order valence-corrected chi connectivity index (χ2v) is 8.72. The summed E-state index contributed by atoms with van der Waals surface area (Å²) in [6, 6.07) is 5.72. The zero-order chi connectivity index (χ0) is 23.1. The Bertz CT molecular complexity index is 801. The van der Waals surface area contributed by atoms with Crippen LogP contribution in [0.4, 0.5) is 0 Å². The number of likely N-dealkylation sites (tertiary alicyclic amines) is 1. The number of benzene rings is 1. The molecule has 1 aromatic rings. The molecule has 0 bridgehead atoms. The van der Waals surface area contributed by atoms with Crippen LogP contribution in [0, 0.1) is 11.8 Å². The molecule has 1 saturated carbocycles. The second kappa shape index (κ2) is 11.3. The van der Waals surface area contributed by atoms with Crippen LogP contribution in [0.1, 0.15) is 64.4 Å².